The monoisotopic (exact) mass is 542 g/mol. The number of rotatable bonds is 8. The molecule has 39 heavy (non-hydrogen) atoms. The molecule has 0 aliphatic carbocycles. The fourth-order valence-electron chi connectivity index (χ4n) is 4.82. The number of thiazole rings is 1. The average Bonchev–Trinajstić information content (AvgIpc) is 3.47. The van der Waals surface area contributed by atoms with Crippen molar-refractivity contribution < 1.29 is 24.2 Å². The number of benzene rings is 3. The number of aryl methyl sites for hydroxylation is 2. The first kappa shape index (κ1) is 26.4. The highest BCUT2D eigenvalue weighted by molar-refractivity contribution is 7.22. The van der Waals surface area contributed by atoms with Gasteiger partial charge >= 0.3 is 5.91 Å². The van der Waals surface area contributed by atoms with E-state index in [1.54, 1.807) is 31.4 Å². The van der Waals surface area contributed by atoms with Crippen LogP contribution in [-0.4, -0.2) is 35.5 Å². The van der Waals surface area contributed by atoms with Crippen LogP contribution in [0.1, 0.15) is 48.1 Å². The van der Waals surface area contributed by atoms with Crippen LogP contribution in [-0.2, 0) is 9.59 Å². The Morgan fingerprint density at radius 3 is 2.54 bits per heavy atom. The van der Waals surface area contributed by atoms with Crippen molar-refractivity contribution in [2.75, 3.05) is 18.6 Å². The molecule has 200 valence electrons. The lowest BCUT2D eigenvalue weighted by Crippen LogP contribution is -2.29. The molecule has 1 aliphatic rings. The number of aliphatic hydroxyl groups excluding tert-OH is 1. The molecule has 3 aromatic carbocycles. The predicted octanol–water partition coefficient (Wildman–Crippen LogP) is 6.73. The molecule has 0 spiro atoms. The zero-order valence-corrected chi connectivity index (χ0v) is 23.2. The van der Waals surface area contributed by atoms with E-state index in [1.807, 2.05) is 50.2 Å². The minimum Gasteiger partial charge on any atom is -0.507 e. The summed E-state index contributed by atoms with van der Waals surface area (Å²) in [6.45, 7) is 6.64. The van der Waals surface area contributed by atoms with Crippen molar-refractivity contribution in [3.05, 3.63) is 88.5 Å². The van der Waals surface area contributed by atoms with E-state index in [9.17, 15) is 14.7 Å². The highest BCUT2D eigenvalue weighted by atomic mass is 32.1. The normalized spacial score (nSPS) is 16.7. The number of hydrogen-bond acceptors (Lipinski definition) is 7. The number of unbranched alkanes of at least 4 members (excludes halogenated alkanes) is 1. The molecule has 1 N–H and O–H groups in total. The van der Waals surface area contributed by atoms with Crippen LogP contribution in [0.3, 0.4) is 0 Å². The van der Waals surface area contributed by atoms with Gasteiger partial charge in [0.05, 0.1) is 35.5 Å². The van der Waals surface area contributed by atoms with Gasteiger partial charge in [0.15, 0.2) is 5.13 Å². The van der Waals surface area contributed by atoms with Crippen molar-refractivity contribution in [2.45, 2.75) is 39.7 Å². The van der Waals surface area contributed by atoms with Crippen LogP contribution in [0.4, 0.5) is 5.13 Å². The van der Waals surface area contributed by atoms with Gasteiger partial charge in [0.2, 0.25) is 0 Å². The molecule has 1 atom stereocenters. The van der Waals surface area contributed by atoms with Gasteiger partial charge in [-0.1, -0.05) is 42.9 Å². The summed E-state index contributed by atoms with van der Waals surface area (Å²) in [5.41, 5.74) is 3.92. The minimum absolute atomic E-state index is 0.00281. The molecule has 0 radical (unpaired) electrons. The maximum Gasteiger partial charge on any atom is 0.301 e. The molecule has 1 amide bonds. The molecular formula is C31H30N2O5S. The molecule has 1 aliphatic heterocycles. The van der Waals surface area contributed by atoms with Crippen LogP contribution < -0.4 is 14.4 Å². The molecule has 0 bridgehead atoms. The maximum atomic E-state index is 13.6. The number of methoxy groups -OCH3 is 1. The van der Waals surface area contributed by atoms with Gasteiger partial charge in [-0.15, -0.1) is 0 Å². The minimum atomic E-state index is -0.885. The number of carbonyl (C=O) groups is 2. The Morgan fingerprint density at radius 1 is 1.05 bits per heavy atom. The zero-order valence-electron chi connectivity index (χ0n) is 22.4. The number of fused-ring (bicyclic) bond motifs is 1. The molecule has 1 fully saturated rings. The number of anilines is 1. The summed E-state index contributed by atoms with van der Waals surface area (Å²) < 4.78 is 12.1. The van der Waals surface area contributed by atoms with E-state index in [-0.39, 0.29) is 11.3 Å². The first-order valence-corrected chi connectivity index (χ1v) is 13.7. The summed E-state index contributed by atoms with van der Waals surface area (Å²) in [4.78, 5) is 33.4. The zero-order chi connectivity index (χ0) is 27.7. The molecule has 1 aromatic heterocycles. The molecule has 1 saturated heterocycles. The predicted molar refractivity (Wildman–Crippen MR) is 154 cm³/mol. The van der Waals surface area contributed by atoms with Crippen LogP contribution >= 0.6 is 11.3 Å². The Bertz CT molecular complexity index is 1590. The van der Waals surface area contributed by atoms with Crippen LogP contribution in [0, 0.1) is 13.8 Å². The summed E-state index contributed by atoms with van der Waals surface area (Å²) in [6.07, 6.45) is 1.91. The first-order valence-electron chi connectivity index (χ1n) is 12.9. The van der Waals surface area contributed by atoms with Crippen molar-refractivity contribution in [1.82, 2.24) is 4.98 Å². The van der Waals surface area contributed by atoms with E-state index in [4.69, 9.17) is 14.5 Å². The molecule has 4 aromatic rings. The number of amides is 1. The molecule has 5 rings (SSSR count). The average molecular weight is 543 g/mol. The number of aliphatic hydroxyl groups is 1. The van der Waals surface area contributed by atoms with Gasteiger partial charge < -0.3 is 14.6 Å². The Hall–Kier alpha value is -4.17. The van der Waals surface area contributed by atoms with Crippen LogP contribution in [0.15, 0.2) is 66.2 Å². The van der Waals surface area contributed by atoms with Crippen molar-refractivity contribution in [2.24, 2.45) is 0 Å². The molecule has 7 nitrogen and oxygen atoms in total. The van der Waals surface area contributed by atoms with Gasteiger partial charge in [0.1, 0.15) is 17.3 Å². The number of ether oxygens (including phenoxy) is 2. The summed E-state index contributed by atoms with van der Waals surface area (Å²) >= 11 is 1.35. The number of carbonyl (C=O) groups excluding carboxylic acids is 2. The highest BCUT2D eigenvalue weighted by Crippen LogP contribution is 2.45. The standard InChI is InChI=1S/C31H30N2O5S/c1-5-6-14-38-23-9-7-8-21(17-23)27-25(28(34)20-10-12-22(37-4)13-11-20)29(35)30(36)33(27)31-32-26-19(3)15-18(2)16-24(26)39-31/h7-13,15-17,27,34H,5-6,14H2,1-4H3. The first-order chi connectivity index (χ1) is 18.8. The number of Topliss-reactive ketones (excluding diaryl/α,β-unsaturated/α-hetero) is 1. The SMILES string of the molecule is CCCCOc1cccc(C2C(=C(O)c3ccc(OC)cc3)C(=O)C(=O)N2c2nc3c(C)cc(C)cc3s2)c1. The lowest BCUT2D eigenvalue weighted by molar-refractivity contribution is -0.132. The van der Waals surface area contributed by atoms with E-state index < -0.39 is 17.7 Å². The largest absolute Gasteiger partial charge is 0.507 e. The fraction of sp³-hybridized carbons (Fsp3) is 0.258. The number of hydrogen-bond donors (Lipinski definition) is 1. The summed E-state index contributed by atoms with van der Waals surface area (Å²) in [6, 6.07) is 17.2. The van der Waals surface area contributed by atoms with E-state index in [0.717, 1.165) is 34.2 Å². The lowest BCUT2D eigenvalue weighted by Gasteiger charge is -2.23. The molecule has 1 unspecified atom stereocenters. The van der Waals surface area contributed by atoms with E-state index in [1.165, 1.54) is 16.2 Å². The van der Waals surface area contributed by atoms with Crippen molar-refractivity contribution in [1.29, 1.82) is 0 Å². The van der Waals surface area contributed by atoms with Gasteiger partial charge in [-0.25, -0.2) is 4.98 Å². The van der Waals surface area contributed by atoms with E-state index >= 15 is 0 Å². The second-order valence-corrected chi connectivity index (χ2v) is 10.6. The molecule has 8 heteroatoms. The molecular weight excluding hydrogens is 512 g/mol. The smallest absolute Gasteiger partial charge is 0.301 e. The number of aromatic nitrogens is 1. The third kappa shape index (κ3) is 5.00. The summed E-state index contributed by atoms with van der Waals surface area (Å²) in [5, 5.41) is 11.8. The second kappa shape index (κ2) is 10.9. The van der Waals surface area contributed by atoms with Gasteiger partial charge in [-0.2, -0.15) is 0 Å². The van der Waals surface area contributed by atoms with E-state index in [0.29, 0.717) is 34.4 Å². The summed E-state index contributed by atoms with van der Waals surface area (Å²) in [5.74, 6) is -0.514. The van der Waals surface area contributed by atoms with Gasteiger partial charge in [0, 0.05) is 5.56 Å². The van der Waals surface area contributed by atoms with Gasteiger partial charge in [-0.3, -0.25) is 14.5 Å². The quantitative estimate of drug-likeness (QED) is 0.115. The van der Waals surface area contributed by atoms with Gasteiger partial charge in [0.25, 0.3) is 5.78 Å². The third-order valence-corrected chi connectivity index (χ3v) is 7.77. The van der Waals surface area contributed by atoms with Crippen LogP contribution in [0.5, 0.6) is 11.5 Å². The second-order valence-electron chi connectivity index (χ2n) is 9.60. The Kier molecular flexibility index (Phi) is 7.39. The van der Waals surface area contributed by atoms with Crippen molar-refractivity contribution in [3.8, 4) is 11.5 Å². The maximum absolute atomic E-state index is 13.6. The topological polar surface area (TPSA) is 89.0 Å². The van der Waals surface area contributed by atoms with E-state index in [2.05, 4.69) is 6.92 Å². The number of nitrogens with zero attached hydrogens (tertiary/aromatic N) is 2. The number of ketones is 1. The highest BCUT2D eigenvalue weighted by Gasteiger charge is 2.48. The fourth-order valence-corrected chi connectivity index (χ4v) is 5.99. The summed E-state index contributed by atoms with van der Waals surface area (Å²) in [7, 11) is 1.55. The molecule has 2 heterocycles. The van der Waals surface area contributed by atoms with Crippen LogP contribution in [0.2, 0.25) is 0 Å². The van der Waals surface area contributed by atoms with Crippen LogP contribution in [0.25, 0.3) is 16.0 Å². The lowest BCUT2D eigenvalue weighted by atomic mass is 9.95. The Morgan fingerprint density at radius 2 is 1.82 bits per heavy atom. The Balaban J connectivity index is 1.68. The Labute approximate surface area is 231 Å². The van der Waals surface area contributed by atoms with Crippen molar-refractivity contribution in [3.63, 3.8) is 0 Å². The third-order valence-electron chi connectivity index (χ3n) is 6.77. The van der Waals surface area contributed by atoms with Crippen molar-refractivity contribution >= 4 is 44.1 Å². The molecule has 0 saturated carbocycles. The van der Waals surface area contributed by atoms with Gasteiger partial charge in [-0.05, 0) is 79.4 Å².